The monoisotopic (exact) mass is 502 g/mol. The maximum atomic E-state index is 11.8. The molecule has 1 heterocycles. The van der Waals surface area contributed by atoms with Crippen molar-refractivity contribution in [1.82, 2.24) is 9.55 Å². The standard InChI is InChI=1S/C28H27ClN4O3/c1-4-7-9-24-32-27(29)26(28(34)35)33(24)18-19-10-12-20(13-11-19)23-16-22(15-14-21(23)17-30)36-25(8-5-2)31-6-3/h5-6,8,10-16H,3-4,7,9,18H2,1-2H3,(H,34,35)/b8-5-,31-25?. The van der Waals surface area contributed by atoms with Gasteiger partial charge in [-0.05, 0) is 48.7 Å². The fourth-order valence-corrected chi connectivity index (χ4v) is 4.00. The highest BCUT2D eigenvalue weighted by molar-refractivity contribution is 6.32. The predicted octanol–water partition coefficient (Wildman–Crippen LogP) is 6.66. The quantitative estimate of drug-likeness (QED) is 0.247. The van der Waals surface area contributed by atoms with Crippen LogP contribution in [-0.4, -0.2) is 26.5 Å². The number of nitriles is 1. The van der Waals surface area contributed by atoms with Crippen molar-refractivity contribution in [3.8, 4) is 22.9 Å². The van der Waals surface area contributed by atoms with Gasteiger partial charge >= 0.3 is 5.97 Å². The Morgan fingerprint density at radius 2 is 2.06 bits per heavy atom. The van der Waals surface area contributed by atoms with Gasteiger partial charge in [-0.3, -0.25) is 0 Å². The Labute approximate surface area is 215 Å². The number of carbonyl (C=O) groups is 1. The number of aromatic carboxylic acids is 1. The molecule has 3 rings (SSSR count). The van der Waals surface area contributed by atoms with Crippen molar-refractivity contribution < 1.29 is 14.6 Å². The van der Waals surface area contributed by atoms with Crippen LogP contribution in [0.5, 0.6) is 5.75 Å². The summed E-state index contributed by atoms with van der Waals surface area (Å²) in [5.74, 6) is 0.454. The van der Waals surface area contributed by atoms with E-state index in [9.17, 15) is 15.2 Å². The number of carboxylic acid groups (broad SMARTS) is 1. The lowest BCUT2D eigenvalue weighted by molar-refractivity contribution is 0.0685. The molecule has 1 N–H and O–H groups in total. The lowest BCUT2D eigenvalue weighted by Gasteiger charge is -2.12. The number of aryl methyl sites for hydroxylation is 1. The molecule has 184 valence electrons. The molecule has 0 aliphatic heterocycles. The van der Waals surface area contributed by atoms with Gasteiger partial charge in [0.1, 0.15) is 11.6 Å². The molecule has 0 saturated heterocycles. The average molecular weight is 503 g/mol. The first kappa shape index (κ1) is 26.5. The third-order valence-corrected chi connectivity index (χ3v) is 5.69. The van der Waals surface area contributed by atoms with Gasteiger partial charge in [0, 0.05) is 24.7 Å². The van der Waals surface area contributed by atoms with E-state index < -0.39 is 5.97 Å². The minimum Gasteiger partial charge on any atom is -0.476 e. The first-order valence-electron chi connectivity index (χ1n) is 11.5. The number of rotatable bonds is 10. The number of hydrogen-bond donors (Lipinski definition) is 1. The minimum atomic E-state index is -1.11. The number of hydrogen-bond acceptors (Lipinski definition) is 5. The molecule has 7 nitrogen and oxygen atoms in total. The van der Waals surface area contributed by atoms with Crippen LogP contribution in [-0.2, 0) is 13.0 Å². The zero-order chi connectivity index (χ0) is 26.1. The fraction of sp³-hybridized carbons (Fsp3) is 0.214. The zero-order valence-corrected chi connectivity index (χ0v) is 21.0. The number of benzene rings is 2. The molecule has 0 unspecified atom stereocenters. The Balaban J connectivity index is 1.93. The molecular weight excluding hydrogens is 476 g/mol. The number of ether oxygens (including phenoxy) is 1. The van der Waals surface area contributed by atoms with Gasteiger partial charge in [0.05, 0.1) is 11.6 Å². The summed E-state index contributed by atoms with van der Waals surface area (Å²) in [7, 11) is 0. The maximum Gasteiger partial charge on any atom is 0.355 e. The molecule has 0 aliphatic carbocycles. The van der Waals surface area contributed by atoms with Crippen LogP contribution in [0.15, 0.2) is 72.4 Å². The van der Waals surface area contributed by atoms with E-state index in [1.807, 2.05) is 37.3 Å². The summed E-state index contributed by atoms with van der Waals surface area (Å²) in [6.07, 6.45) is 7.41. The number of nitrogens with zero attached hydrogens (tertiary/aromatic N) is 4. The number of halogens is 1. The predicted molar refractivity (Wildman–Crippen MR) is 142 cm³/mol. The van der Waals surface area contributed by atoms with Crippen LogP contribution in [0.4, 0.5) is 0 Å². The lowest BCUT2D eigenvalue weighted by atomic mass is 9.99. The second kappa shape index (κ2) is 12.5. The van der Waals surface area contributed by atoms with Gasteiger partial charge in [-0.25, -0.2) is 14.8 Å². The first-order chi connectivity index (χ1) is 17.4. The third-order valence-electron chi connectivity index (χ3n) is 5.43. The van der Waals surface area contributed by atoms with E-state index in [-0.39, 0.29) is 10.8 Å². The molecule has 0 aliphatic rings. The van der Waals surface area contributed by atoms with Gasteiger partial charge in [-0.1, -0.05) is 61.9 Å². The van der Waals surface area contributed by atoms with Crippen LogP contribution in [0.3, 0.4) is 0 Å². The van der Waals surface area contributed by atoms with Crippen molar-refractivity contribution in [2.75, 3.05) is 0 Å². The van der Waals surface area contributed by atoms with Crippen LogP contribution in [0.1, 0.15) is 54.1 Å². The van der Waals surface area contributed by atoms with Crippen molar-refractivity contribution in [3.63, 3.8) is 0 Å². The van der Waals surface area contributed by atoms with E-state index in [1.54, 1.807) is 28.8 Å². The van der Waals surface area contributed by atoms with E-state index >= 15 is 0 Å². The molecule has 8 heteroatoms. The molecule has 3 aromatic rings. The Kier molecular flexibility index (Phi) is 9.20. The molecule has 0 spiro atoms. The van der Waals surface area contributed by atoms with E-state index in [4.69, 9.17) is 16.3 Å². The van der Waals surface area contributed by atoms with Gasteiger partial charge in [-0.2, -0.15) is 5.26 Å². The highest BCUT2D eigenvalue weighted by Gasteiger charge is 2.21. The largest absolute Gasteiger partial charge is 0.476 e. The van der Waals surface area contributed by atoms with E-state index in [0.717, 1.165) is 24.0 Å². The lowest BCUT2D eigenvalue weighted by Crippen LogP contribution is -2.13. The van der Waals surface area contributed by atoms with Crippen molar-refractivity contribution in [2.24, 2.45) is 4.99 Å². The molecule has 0 fully saturated rings. The number of aromatic nitrogens is 2. The zero-order valence-electron chi connectivity index (χ0n) is 20.2. The van der Waals surface area contributed by atoms with Gasteiger partial charge in [-0.15, -0.1) is 0 Å². The summed E-state index contributed by atoms with van der Waals surface area (Å²) < 4.78 is 7.51. The fourth-order valence-electron chi connectivity index (χ4n) is 3.72. The van der Waals surface area contributed by atoms with Crippen molar-refractivity contribution in [3.05, 3.63) is 95.2 Å². The molecule has 2 aromatic carbocycles. The average Bonchev–Trinajstić information content (AvgIpc) is 3.18. The highest BCUT2D eigenvalue weighted by Crippen LogP contribution is 2.29. The maximum absolute atomic E-state index is 11.8. The van der Waals surface area contributed by atoms with E-state index in [2.05, 4.69) is 29.5 Å². The molecule has 0 radical (unpaired) electrons. The number of allylic oxidation sites excluding steroid dienone is 1. The smallest absolute Gasteiger partial charge is 0.355 e. The normalized spacial score (nSPS) is 11.4. The summed E-state index contributed by atoms with van der Waals surface area (Å²) in [4.78, 5) is 20.2. The highest BCUT2D eigenvalue weighted by atomic mass is 35.5. The summed E-state index contributed by atoms with van der Waals surface area (Å²) in [6, 6.07) is 15.0. The van der Waals surface area contributed by atoms with Crippen LogP contribution in [0, 0.1) is 11.3 Å². The Morgan fingerprint density at radius 1 is 1.31 bits per heavy atom. The van der Waals surface area contributed by atoms with Crippen LogP contribution in [0.2, 0.25) is 5.15 Å². The van der Waals surface area contributed by atoms with Crippen LogP contribution in [0.25, 0.3) is 11.1 Å². The molecule has 0 bridgehead atoms. The molecule has 0 amide bonds. The molecule has 36 heavy (non-hydrogen) atoms. The van der Waals surface area contributed by atoms with E-state index in [1.165, 1.54) is 6.20 Å². The number of aliphatic imine (C=N–C) groups is 1. The summed E-state index contributed by atoms with van der Waals surface area (Å²) in [5, 5.41) is 19.3. The molecule has 0 atom stereocenters. The Hall–Kier alpha value is -4.15. The molecule has 1 aromatic heterocycles. The van der Waals surface area contributed by atoms with Crippen LogP contribution < -0.4 is 4.74 Å². The SMILES string of the molecule is C=CN=C(/C=C\C)Oc1ccc(C#N)c(-c2ccc(Cn3c(CCCC)nc(Cl)c3C(=O)O)cc2)c1. The van der Waals surface area contributed by atoms with Gasteiger partial charge in [0.15, 0.2) is 10.8 Å². The second-order valence-corrected chi connectivity index (χ2v) is 8.29. The van der Waals surface area contributed by atoms with Gasteiger partial charge < -0.3 is 14.4 Å². The summed E-state index contributed by atoms with van der Waals surface area (Å²) >= 11 is 6.15. The number of imidazole rings is 1. The Bertz CT molecular complexity index is 1350. The Morgan fingerprint density at radius 3 is 2.67 bits per heavy atom. The van der Waals surface area contributed by atoms with Gasteiger partial charge in [0.25, 0.3) is 0 Å². The first-order valence-corrected chi connectivity index (χ1v) is 11.9. The van der Waals surface area contributed by atoms with Gasteiger partial charge in [0.2, 0.25) is 5.90 Å². The number of unbranched alkanes of at least 4 members (excludes halogenated alkanes) is 1. The minimum absolute atomic E-state index is 0.00187. The summed E-state index contributed by atoms with van der Waals surface area (Å²) in [6.45, 7) is 7.84. The molecular formula is C28H27ClN4O3. The second-order valence-electron chi connectivity index (χ2n) is 7.93. The summed E-state index contributed by atoms with van der Waals surface area (Å²) in [5.41, 5.74) is 2.90. The van der Waals surface area contributed by atoms with Crippen LogP contribution >= 0.6 is 11.6 Å². The van der Waals surface area contributed by atoms with Crippen molar-refractivity contribution in [2.45, 2.75) is 39.7 Å². The van der Waals surface area contributed by atoms with E-state index in [0.29, 0.717) is 41.6 Å². The van der Waals surface area contributed by atoms with Crippen molar-refractivity contribution >= 4 is 23.5 Å². The van der Waals surface area contributed by atoms with Crippen molar-refractivity contribution in [1.29, 1.82) is 5.26 Å². The molecule has 0 saturated carbocycles. The number of carboxylic acids is 1. The topological polar surface area (TPSA) is 100 Å². The third kappa shape index (κ3) is 6.29.